The average Bonchev–Trinajstić information content (AvgIpc) is 2.18. The fourth-order valence-corrected chi connectivity index (χ4v) is 1.85. The summed E-state index contributed by atoms with van der Waals surface area (Å²) < 4.78 is 0. The van der Waals surface area contributed by atoms with Crippen molar-refractivity contribution in [1.82, 2.24) is 4.90 Å². The van der Waals surface area contributed by atoms with E-state index in [-0.39, 0.29) is 11.8 Å². The molecular formula is C10H16N2O2. The van der Waals surface area contributed by atoms with E-state index >= 15 is 0 Å². The molecule has 1 heterocycles. The third-order valence-electron chi connectivity index (χ3n) is 2.61. The number of likely N-dealkylation sites (tertiary alicyclic amines) is 1. The molecule has 0 amide bonds. The van der Waals surface area contributed by atoms with Gasteiger partial charge in [-0.3, -0.25) is 4.79 Å². The maximum Gasteiger partial charge on any atom is 0.307 e. The van der Waals surface area contributed by atoms with Gasteiger partial charge in [0.15, 0.2) is 0 Å². The first kappa shape index (κ1) is 11.0. The second kappa shape index (κ2) is 4.97. The predicted octanol–water partition coefficient (Wildman–Crippen LogP) is 0.943. The van der Waals surface area contributed by atoms with Crippen LogP contribution >= 0.6 is 0 Å². The third kappa shape index (κ3) is 3.00. The number of hydrogen-bond acceptors (Lipinski definition) is 3. The van der Waals surface area contributed by atoms with E-state index in [1.165, 1.54) is 0 Å². The van der Waals surface area contributed by atoms with Gasteiger partial charge in [-0.25, -0.2) is 0 Å². The summed E-state index contributed by atoms with van der Waals surface area (Å²) in [6.45, 7) is 4.09. The van der Waals surface area contributed by atoms with Crippen LogP contribution in [0.4, 0.5) is 0 Å². The van der Waals surface area contributed by atoms with E-state index < -0.39 is 5.97 Å². The summed E-state index contributed by atoms with van der Waals surface area (Å²) in [5.74, 6) is -0.962. The summed E-state index contributed by atoms with van der Waals surface area (Å²) in [4.78, 5) is 12.8. The zero-order valence-electron chi connectivity index (χ0n) is 8.44. The molecule has 1 rings (SSSR count). The van der Waals surface area contributed by atoms with Crippen LogP contribution in [0, 0.1) is 23.2 Å². The van der Waals surface area contributed by atoms with Crippen molar-refractivity contribution in [2.24, 2.45) is 11.8 Å². The zero-order valence-corrected chi connectivity index (χ0v) is 8.44. The van der Waals surface area contributed by atoms with Crippen molar-refractivity contribution in [2.45, 2.75) is 19.8 Å². The Hall–Kier alpha value is -1.08. The van der Waals surface area contributed by atoms with Crippen LogP contribution in [0.1, 0.15) is 19.8 Å². The van der Waals surface area contributed by atoms with Gasteiger partial charge in [0.25, 0.3) is 0 Å². The summed E-state index contributed by atoms with van der Waals surface area (Å²) in [7, 11) is 0. The second-order valence-electron chi connectivity index (χ2n) is 3.97. The Morgan fingerprint density at radius 3 is 3.07 bits per heavy atom. The maximum absolute atomic E-state index is 10.8. The summed E-state index contributed by atoms with van der Waals surface area (Å²) in [6.07, 6.45) is 1.70. The van der Waals surface area contributed by atoms with Crippen molar-refractivity contribution >= 4 is 5.97 Å². The van der Waals surface area contributed by atoms with E-state index in [2.05, 4.69) is 11.0 Å². The van der Waals surface area contributed by atoms with Crippen molar-refractivity contribution in [3.63, 3.8) is 0 Å². The lowest BCUT2D eigenvalue weighted by Gasteiger charge is -2.31. The van der Waals surface area contributed by atoms with Gasteiger partial charge in [-0.1, -0.05) is 0 Å². The van der Waals surface area contributed by atoms with Crippen LogP contribution < -0.4 is 0 Å². The molecule has 4 heteroatoms. The first-order valence-electron chi connectivity index (χ1n) is 4.98. The van der Waals surface area contributed by atoms with Crippen molar-refractivity contribution < 1.29 is 9.90 Å². The zero-order chi connectivity index (χ0) is 10.6. The highest BCUT2D eigenvalue weighted by Crippen LogP contribution is 2.17. The van der Waals surface area contributed by atoms with Crippen LogP contribution in [-0.4, -0.2) is 35.6 Å². The van der Waals surface area contributed by atoms with Gasteiger partial charge in [0.2, 0.25) is 0 Å². The standard InChI is InChI=1S/C10H16N2O2/c1-8(5-11)6-12-4-2-3-9(7-12)10(13)14/h8-9H,2-4,6-7H2,1H3,(H,13,14). The molecule has 0 aromatic heterocycles. The van der Waals surface area contributed by atoms with Crippen LogP contribution in [0.25, 0.3) is 0 Å². The molecule has 2 unspecified atom stereocenters. The Balaban J connectivity index is 2.41. The molecule has 78 valence electrons. The number of carboxylic acid groups (broad SMARTS) is 1. The van der Waals surface area contributed by atoms with Gasteiger partial charge in [0.05, 0.1) is 17.9 Å². The Kier molecular flexibility index (Phi) is 3.90. The number of carboxylic acids is 1. The highest BCUT2D eigenvalue weighted by Gasteiger charge is 2.25. The van der Waals surface area contributed by atoms with Crippen molar-refractivity contribution in [1.29, 1.82) is 5.26 Å². The van der Waals surface area contributed by atoms with Gasteiger partial charge in [-0.15, -0.1) is 0 Å². The summed E-state index contributed by atoms with van der Waals surface area (Å²) >= 11 is 0. The van der Waals surface area contributed by atoms with Gasteiger partial charge < -0.3 is 10.0 Å². The summed E-state index contributed by atoms with van der Waals surface area (Å²) in [5, 5.41) is 17.5. The van der Waals surface area contributed by atoms with Crippen LogP contribution in [0.2, 0.25) is 0 Å². The molecule has 2 atom stereocenters. The Labute approximate surface area is 84.1 Å². The minimum Gasteiger partial charge on any atom is -0.481 e. The molecule has 0 bridgehead atoms. The number of aliphatic carboxylic acids is 1. The Bertz CT molecular complexity index is 247. The molecular weight excluding hydrogens is 180 g/mol. The predicted molar refractivity (Wildman–Crippen MR) is 51.6 cm³/mol. The molecule has 4 nitrogen and oxygen atoms in total. The minimum absolute atomic E-state index is 0.0115. The smallest absolute Gasteiger partial charge is 0.307 e. The fraction of sp³-hybridized carbons (Fsp3) is 0.800. The van der Waals surface area contributed by atoms with Gasteiger partial charge in [-0.2, -0.15) is 5.26 Å². The molecule has 1 aliphatic heterocycles. The molecule has 0 radical (unpaired) electrons. The molecule has 1 saturated heterocycles. The van der Waals surface area contributed by atoms with Gasteiger partial charge in [0, 0.05) is 13.1 Å². The van der Waals surface area contributed by atoms with Crippen LogP contribution in [0.3, 0.4) is 0 Å². The number of piperidine rings is 1. The normalized spacial score (nSPS) is 25.3. The lowest BCUT2D eigenvalue weighted by molar-refractivity contribution is -0.143. The average molecular weight is 196 g/mol. The molecule has 0 spiro atoms. The van der Waals surface area contributed by atoms with Crippen LogP contribution in [0.5, 0.6) is 0 Å². The third-order valence-corrected chi connectivity index (χ3v) is 2.61. The molecule has 1 N–H and O–H groups in total. The quantitative estimate of drug-likeness (QED) is 0.729. The van der Waals surface area contributed by atoms with Crippen molar-refractivity contribution in [3.8, 4) is 6.07 Å². The van der Waals surface area contributed by atoms with Gasteiger partial charge >= 0.3 is 5.97 Å². The van der Waals surface area contributed by atoms with Crippen LogP contribution in [0.15, 0.2) is 0 Å². The minimum atomic E-state index is -0.709. The van der Waals surface area contributed by atoms with E-state index in [1.54, 1.807) is 0 Å². The number of nitrogens with zero attached hydrogens (tertiary/aromatic N) is 2. The lowest BCUT2D eigenvalue weighted by atomic mass is 9.97. The molecule has 0 saturated carbocycles. The summed E-state index contributed by atoms with van der Waals surface area (Å²) in [5.41, 5.74) is 0. The van der Waals surface area contributed by atoms with Gasteiger partial charge in [-0.05, 0) is 26.3 Å². The van der Waals surface area contributed by atoms with E-state index in [9.17, 15) is 4.79 Å². The number of nitriles is 1. The van der Waals surface area contributed by atoms with E-state index in [1.807, 2.05) is 6.92 Å². The molecule has 1 aliphatic rings. The SMILES string of the molecule is CC(C#N)CN1CCCC(C(=O)O)C1. The monoisotopic (exact) mass is 196 g/mol. The molecule has 1 fully saturated rings. The maximum atomic E-state index is 10.8. The number of hydrogen-bond donors (Lipinski definition) is 1. The molecule has 0 aromatic rings. The Morgan fingerprint density at radius 1 is 1.79 bits per heavy atom. The van der Waals surface area contributed by atoms with Gasteiger partial charge in [0.1, 0.15) is 0 Å². The van der Waals surface area contributed by atoms with Crippen LogP contribution in [-0.2, 0) is 4.79 Å². The van der Waals surface area contributed by atoms with Crippen molar-refractivity contribution in [2.75, 3.05) is 19.6 Å². The summed E-state index contributed by atoms with van der Waals surface area (Å²) in [6, 6.07) is 2.17. The fourth-order valence-electron chi connectivity index (χ4n) is 1.85. The second-order valence-corrected chi connectivity index (χ2v) is 3.97. The van der Waals surface area contributed by atoms with Crippen molar-refractivity contribution in [3.05, 3.63) is 0 Å². The number of carbonyl (C=O) groups is 1. The molecule has 0 aliphatic carbocycles. The first-order valence-corrected chi connectivity index (χ1v) is 4.98. The topological polar surface area (TPSA) is 64.3 Å². The Morgan fingerprint density at radius 2 is 2.50 bits per heavy atom. The largest absolute Gasteiger partial charge is 0.481 e. The first-order chi connectivity index (χ1) is 6.63. The highest BCUT2D eigenvalue weighted by atomic mass is 16.4. The molecule has 0 aromatic carbocycles. The van der Waals surface area contributed by atoms with E-state index in [0.29, 0.717) is 13.1 Å². The highest BCUT2D eigenvalue weighted by molar-refractivity contribution is 5.70. The number of rotatable bonds is 3. The molecule has 14 heavy (non-hydrogen) atoms. The van der Waals surface area contributed by atoms with E-state index in [0.717, 1.165) is 19.4 Å². The lowest BCUT2D eigenvalue weighted by Crippen LogP contribution is -2.40. The van der Waals surface area contributed by atoms with E-state index in [4.69, 9.17) is 10.4 Å².